The fourth-order valence-corrected chi connectivity index (χ4v) is 6.14. The maximum atomic E-state index is 12.1. The van der Waals surface area contributed by atoms with Crippen molar-refractivity contribution in [1.29, 1.82) is 0 Å². The zero-order valence-corrected chi connectivity index (χ0v) is 25.9. The third kappa shape index (κ3) is 12.8. The van der Waals surface area contributed by atoms with Crippen molar-refractivity contribution in [3.8, 4) is 0 Å². The zero-order valence-electron chi connectivity index (χ0n) is 23.8. The lowest BCUT2D eigenvalue weighted by Crippen LogP contribution is -2.45. The lowest BCUT2D eigenvalue weighted by atomic mass is 10.0. The molecule has 0 N–H and O–H groups in total. The van der Waals surface area contributed by atoms with E-state index in [0.717, 1.165) is 69.0 Å². The first kappa shape index (κ1) is 33.7. The van der Waals surface area contributed by atoms with Crippen molar-refractivity contribution in [2.75, 3.05) is 58.4 Å². The van der Waals surface area contributed by atoms with E-state index in [9.17, 15) is 8.96 Å². The van der Waals surface area contributed by atoms with Crippen molar-refractivity contribution < 1.29 is 38.3 Å². The van der Waals surface area contributed by atoms with Gasteiger partial charge in [0.05, 0.1) is 41.1 Å². The van der Waals surface area contributed by atoms with E-state index < -0.39 is 20.5 Å². The molecule has 0 aromatic heterocycles. The molecule has 2 rings (SSSR count). The predicted molar refractivity (Wildman–Crippen MR) is 148 cm³/mol. The lowest BCUT2D eigenvalue weighted by molar-refractivity contribution is -0.287. The Bertz CT molecular complexity index is 551. The summed E-state index contributed by atoms with van der Waals surface area (Å²) in [5.74, 6) is -0.0272. The van der Waals surface area contributed by atoms with Gasteiger partial charge in [0, 0.05) is 56.2 Å². The largest absolute Gasteiger partial charge is 0.350 e. The Kier molecular flexibility index (Phi) is 18.9. The molecule has 10 heteroatoms. The van der Waals surface area contributed by atoms with Gasteiger partial charge in [0.1, 0.15) is 0 Å². The number of alkyl halides is 2. The van der Waals surface area contributed by atoms with Gasteiger partial charge in [-0.2, -0.15) is 0 Å². The second kappa shape index (κ2) is 19.7. The fourth-order valence-electron chi connectivity index (χ4n) is 4.34. The molecule has 0 spiro atoms. The van der Waals surface area contributed by atoms with Gasteiger partial charge >= 0.3 is 7.60 Å². The summed E-state index contributed by atoms with van der Waals surface area (Å²) in [5.41, 5.74) is 0. The van der Waals surface area contributed by atoms with Crippen molar-refractivity contribution in [2.45, 2.75) is 90.6 Å². The third-order valence-electron chi connectivity index (χ3n) is 6.11. The second-order valence-electron chi connectivity index (χ2n) is 9.11. The molecule has 212 valence electrons. The van der Waals surface area contributed by atoms with Crippen LogP contribution in [0.25, 0.3) is 0 Å². The number of hydrogen-bond donors (Lipinski definition) is 0. The summed E-state index contributed by atoms with van der Waals surface area (Å²) < 4.78 is 62.3. The van der Waals surface area contributed by atoms with Crippen LogP contribution in [0.2, 0.25) is 0 Å². The first-order chi connectivity index (χ1) is 17.2. The van der Waals surface area contributed by atoms with Gasteiger partial charge in [0.15, 0.2) is 11.6 Å². The molecule has 0 aromatic carbocycles. The van der Waals surface area contributed by atoms with Crippen LogP contribution in [0.15, 0.2) is 0 Å². The SMILES string of the molecule is CCCC1(CCC)OCC(CI)CO1.CCCC1(CCC)OCC(CP(=O)(OC)OC)CO1.[2H]CF. The van der Waals surface area contributed by atoms with Crippen LogP contribution in [0.5, 0.6) is 0 Å². The Labute approximate surface area is 228 Å². The Morgan fingerprint density at radius 1 is 0.829 bits per heavy atom. The van der Waals surface area contributed by atoms with Gasteiger partial charge in [0.25, 0.3) is 0 Å². The van der Waals surface area contributed by atoms with E-state index in [1.54, 1.807) is 0 Å². The van der Waals surface area contributed by atoms with Gasteiger partial charge in [-0.25, -0.2) is 0 Å². The fraction of sp³-hybridized carbons (Fsp3) is 1.00. The van der Waals surface area contributed by atoms with Crippen LogP contribution in [0.1, 0.15) is 80.4 Å². The van der Waals surface area contributed by atoms with Crippen LogP contribution in [-0.2, 0) is 32.6 Å². The number of hydrogen-bond acceptors (Lipinski definition) is 7. The van der Waals surface area contributed by atoms with Gasteiger partial charge < -0.3 is 28.0 Å². The number of halogens is 2. The average Bonchev–Trinajstić information content (AvgIpc) is 2.87. The van der Waals surface area contributed by atoms with Gasteiger partial charge in [-0.1, -0.05) is 76.0 Å². The van der Waals surface area contributed by atoms with E-state index in [1.165, 1.54) is 14.2 Å². The van der Waals surface area contributed by atoms with Crippen LogP contribution >= 0.6 is 30.2 Å². The van der Waals surface area contributed by atoms with Gasteiger partial charge in [-0.3, -0.25) is 8.96 Å². The minimum absolute atomic E-state index is 0.0626. The monoisotopic (exact) mass is 641 g/mol. The van der Waals surface area contributed by atoms with Crippen molar-refractivity contribution in [2.24, 2.45) is 11.8 Å². The molecule has 0 amide bonds. The topological polar surface area (TPSA) is 72.5 Å². The molecular formula is C25H51FIO7P. The molecule has 2 aliphatic rings. The highest BCUT2D eigenvalue weighted by Crippen LogP contribution is 2.49. The zero-order chi connectivity index (χ0) is 27.5. The smallest absolute Gasteiger partial charge is 0.330 e. The molecule has 0 radical (unpaired) electrons. The van der Waals surface area contributed by atoms with Crippen LogP contribution in [0, 0.1) is 11.8 Å². The number of rotatable bonds is 13. The second-order valence-corrected chi connectivity index (χ2v) is 12.3. The summed E-state index contributed by atoms with van der Waals surface area (Å²) in [4.78, 5) is 0. The maximum Gasteiger partial charge on any atom is 0.330 e. The highest BCUT2D eigenvalue weighted by atomic mass is 127. The first-order valence-electron chi connectivity index (χ1n) is 13.6. The highest BCUT2D eigenvalue weighted by molar-refractivity contribution is 14.1. The normalized spacial score (nSPS) is 20.7. The van der Waals surface area contributed by atoms with E-state index in [1.807, 2.05) is 0 Å². The molecule has 0 unspecified atom stereocenters. The van der Waals surface area contributed by atoms with E-state index in [-0.39, 0.29) is 11.7 Å². The molecule has 0 saturated carbocycles. The Morgan fingerprint density at radius 3 is 1.40 bits per heavy atom. The lowest BCUT2D eigenvalue weighted by Gasteiger charge is -2.40. The van der Waals surface area contributed by atoms with Crippen molar-refractivity contribution in [3.05, 3.63) is 0 Å². The third-order valence-corrected chi connectivity index (χ3v) is 9.43. The van der Waals surface area contributed by atoms with Crippen LogP contribution in [0.3, 0.4) is 0 Å². The molecular weight excluding hydrogens is 589 g/mol. The van der Waals surface area contributed by atoms with Gasteiger partial charge in [-0.15, -0.1) is 0 Å². The molecule has 0 bridgehead atoms. The van der Waals surface area contributed by atoms with Crippen LogP contribution < -0.4 is 0 Å². The molecule has 7 nitrogen and oxygen atoms in total. The van der Waals surface area contributed by atoms with E-state index in [2.05, 4.69) is 50.3 Å². The molecule has 2 aliphatic heterocycles. The van der Waals surface area contributed by atoms with Crippen LogP contribution in [0.4, 0.5) is 4.39 Å². The summed E-state index contributed by atoms with van der Waals surface area (Å²) in [6, 6.07) is 0. The van der Waals surface area contributed by atoms with E-state index in [0.29, 0.717) is 25.3 Å². The summed E-state index contributed by atoms with van der Waals surface area (Å²) >= 11 is 2.40. The standard InChI is InChI=1S/C13H27O5P.C11H21IO2.CH3F/c1-5-7-13(8-6-2)17-9-12(10-18-13)11-19(14,15-3)16-4;1-3-5-11(6-4-2)13-8-10(7-12)9-14-11;1-2/h12H,5-11H2,1-4H3;10H,3-9H2,1-2H3;1H3/i;;1D. The Morgan fingerprint density at radius 2 is 1.14 bits per heavy atom. The van der Waals surface area contributed by atoms with Gasteiger partial charge in [-0.05, 0) is 0 Å². The molecule has 2 heterocycles. The molecule has 0 aliphatic carbocycles. The first-order valence-corrected chi connectivity index (χ1v) is 16.1. The molecule has 2 fully saturated rings. The summed E-state index contributed by atoms with van der Waals surface area (Å²) in [6.45, 7) is 11.5. The number of ether oxygens (including phenoxy) is 4. The minimum atomic E-state index is -2.98. The van der Waals surface area contributed by atoms with Gasteiger partial charge in [0.2, 0.25) is 0 Å². The van der Waals surface area contributed by atoms with Crippen molar-refractivity contribution >= 4 is 30.2 Å². The molecule has 35 heavy (non-hydrogen) atoms. The highest BCUT2D eigenvalue weighted by Gasteiger charge is 2.39. The minimum Gasteiger partial charge on any atom is -0.350 e. The average molecular weight is 642 g/mol. The van der Waals surface area contributed by atoms with Crippen molar-refractivity contribution in [1.82, 2.24) is 0 Å². The Hall–Kier alpha value is 0.650. The predicted octanol–water partition coefficient (Wildman–Crippen LogP) is 7.40. The van der Waals surface area contributed by atoms with Crippen LogP contribution in [-0.4, -0.2) is 70.0 Å². The molecule has 2 saturated heterocycles. The summed E-state index contributed by atoms with van der Waals surface area (Å²) in [5, 5.41) is 0. The Balaban J connectivity index is 0.000000635. The van der Waals surface area contributed by atoms with Crippen molar-refractivity contribution in [3.63, 3.8) is 0 Å². The van der Waals surface area contributed by atoms with E-state index >= 15 is 0 Å². The van der Waals surface area contributed by atoms with E-state index in [4.69, 9.17) is 29.4 Å². The summed E-state index contributed by atoms with van der Waals surface area (Å²) in [6.07, 6.45) is 8.54. The quantitative estimate of drug-likeness (QED) is 0.118. The molecule has 0 atom stereocenters. The summed E-state index contributed by atoms with van der Waals surface area (Å²) in [7, 11) is -1.16. The molecule has 0 aromatic rings. The maximum absolute atomic E-state index is 12.1.